The number of benzene rings is 1. The van der Waals surface area contributed by atoms with Crippen LogP contribution in [0.3, 0.4) is 0 Å². The summed E-state index contributed by atoms with van der Waals surface area (Å²) in [5.74, 6) is 0.697. The highest BCUT2D eigenvalue weighted by Gasteiger charge is 2.29. The molecule has 1 aromatic rings. The summed E-state index contributed by atoms with van der Waals surface area (Å²) in [5.41, 5.74) is 1.84. The largest absolute Gasteiger partial charge is 0.355 e. The van der Waals surface area contributed by atoms with Gasteiger partial charge in [-0.05, 0) is 30.0 Å². The first-order valence-corrected chi connectivity index (χ1v) is 8.75. The van der Waals surface area contributed by atoms with Crippen LogP contribution in [0.2, 0.25) is 0 Å². The van der Waals surface area contributed by atoms with Crippen LogP contribution in [0.5, 0.6) is 0 Å². The average molecular weight is 331 g/mol. The molecule has 24 heavy (non-hydrogen) atoms. The number of rotatable bonds is 5. The Morgan fingerprint density at radius 2 is 1.92 bits per heavy atom. The van der Waals surface area contributed by atoms with Crippen molar-refractivity contribution >= 4 is 11.8 Å². The lowest BCUT2D eigenvalue weighted by atomic mass is 9.92. The van der Waals surface area contributed by atoms with Crippen molar-refractivity contribution in [3.8, 4) is 0 Å². The normalized spacial score (nSPS) is 21.0. The van der Waals surface area contributed by atoms with Crippen LogP contribution in [0.1, 0.15) is 43.1 Å². The number of carbonyl (C=O) groups excluding carboxylic acids is 2. The number of nitrogens with one attached hydrogen (secondary N) is 2. The molecule has 2 amide bonds. The molecule has 0 spiro atoms. The van der Waals surface area contributed by atoms with Crippen molar-refractivity contribution in [1.82, 2.24) is 15.5 Å². The molecule has 1 fully saturated rings. The van der Waals surface area contributed by atoms with Gasteiger partial charge in [0.25, 0.3) is 5.91 Å². The molecule has 2 atom stereocenters. The van der Waals surface area contributed by atoms with Gasteiger partial charge < -0.3 is 15.5 Å². The predicted molar refractivity (Wildman–Crippen MR) is 95.7 cm³/mol. The van der Waals surface area contributed by atoms with E-state index in [1.165, 1.54) is 0 Å². The molecule has 2 N–H and O–H groups in total. The van der Waals surface area contributed by atoms with E-state index in [0.717, 1.165) is 31.6 Å². The van der Waals surface area contributed by atoms with E-state index >= 15 is 0 Å². The average Bonchev–Trinajstić information content (AvgIpc) is 2.59. The van der Waals surface area contributed by atoms with Crippen molar-refractivity contribution in [2.75, 3.05) is 20.1 Å². The highest BCUT2D eigenvalue weighted by Crippen LogP contribution is 2.19. The second-order valence-corrected chi connectivity index (χ2v) is 6.97. The van der Waals surface area contributed by atoms with Crippen LogP contribution >= 0.6 is 0 Å². The Balaban J connectivity index is 1.85. The monoisotopic (exact) mass is 331 g/mol. The Bertz CT molecular complexity index is 568. The Labute approximate surface area is 144 Å². The van der Waals surface area contributed by atoms with Gasteiger partial charge in [0.1, 0.15) is 0 Å². The maximum absolute atomic E-state index is 12.1. The third-order valence-electron chi connectivity index (χ3n) is 4.72. The summed E-state index contributed by atoms with van der Waals surface area (Å²) in [6.45, 7) is 8.55. The van der Waals surface area contributed by atoms with Crippen LogP contribution in [-0.4, -0.2) is 42.9 Å². The van der Waals surface area contributed by atoms with Crippen LogP contribution in [0.15, 0.2) is 24.3 Å². The van der Waals surface area contributed by atoms with Crippen molar-refractivity contribution in [3.05, 3.63) is 35.4 Å². The van der Waals surface area contributed by atoms with Gasteiger partial charge in [-0.3, -0.25) is 9.59 Å². The predicted octanol–water partition coefficient (Wildman–Crippen LogP) is 2.03. The van der Waals surface area contributed by atoms with E-state index in [9.17, 15) is 9.59 Å². The molecule has 0 saturated carbocycles. The van der Waals surface area contributed by atoms with Crippen molar-refractivity contribution in [1.29, 1.82) is 0 Å². The SMILES string of the molecule is CNC(=O)c1ccc(CN[C@@H]2CCN(C(=O)C(C)C)C[C@@H]2C)cc1. The van der Waals surface area contributed by atoms with Gasteiger partial charge in [-0.2, -0.15) is 0 Å². The van der Waals surface area contributed by atoms with Gasteiger partial charge >= 0.3 is 0 Å². The molecule has 0 aromatic heterocycles. The number of hydrogen-bond donors (Lipinski definition) is 2. The lowest BCUT2D eigenvalue weighted by Crippen LogP contribution is -2.50. The zero-order chi connectivity index (χ0) is 17.7. The van der Waals surface area contributed by atoms with Gasteiger partial charge in [-0.1, -0.05) is 32.9 Å². The van der Waals surface area contributed by atoms with Gasteiger partial charge in [0.2, 0.25) is 5.91 Å². The van der Waals surface area contributed by atoms with Gasteiger partial charge in [0, 0.05) is 44.2 Å². The first-order chi connectivity index (χ1) is 11.4. The lowest BCUT2D eigenvalue weighted by molar-refractivity contribution is -0.136. The minimum absolute atomic E-state index is 0.0645. The Morgan fingerprint density at radius 3 is 2.46 bits per heavy atom. The van der Waals surface area contributed by atoms with Crippen LogP contribution in [-0.2, 0) is 11.3 Å². The standard InChI is InChI=1S/C19H29N3O2/c1-13(2)19(24)22-10-9-17(14(3)12-22)21-11-15-5-7-16(8-6-15)18(23)20-4/h5-8,13-14,17,21H,9-12H2,1-4H3,(H,20,23)/t14-,17+/m0/s1. The molecule has 2 rings (SSSR count). The number of likely N-dealkylation sites (tertiary alicyclic amines) is 1. The maximum atomic E-state index is 12.1. The summed E-state index contributed by atoms with van der Waals surface area (Å²) >= 11 is 0. The summed E-state index contributed by atoms with van der Waals surface area (Å²) in [5, 5.41) is 6.23. The molecule has 5 nitrogen and oxygen atoms in total. The van der Waals surface area contributed by atoms with Crippen molar-refractivity contribution < 1.29 is 9.59 Å². The summed E-state index contributed by atoms with van der Waals surface area (Å²) in [7, 11) is 1.63. The number of nitrogens with zero attached hydrogens (tertiary/aromatic N) is 1. The highest BCUT2D eigenvalue weighted by atomic mass is 16.2. The number of amides is 2. The van der Waals surface area contributed by atoms with E-state index in [1.54, 1.807) is 7.05 Å². The summed E-state index contributed by atoms with van der Waals surface area (Å²) in [6, 6.07) is 8.09. The fourth-order valence-corrected chi connectivity index (χ4v) is 3.18. The van der Waals surface area contributed by atoms with E-state index < -0.39 is 0 Å². The molecular formula is C19H29N3O2. The molecule has 132 valence electrons. The molecular weight excluding hydrogens is 302 g/mol. The molecule has 0 unspecified atom stereocenters. The van der Waals surface area contributed by atoms with Crippen LogP contribution < -0.4 is 10.6 Å². The fraction of sp³-hybridized carbons (Fsp3) is 0.579. The molecule has 5 heteroatoms. The summed E-state index contributed by atoms with van der Waals surface area (Å²) in [4.78, 5) is 25.7. The third-order valence-corrected chi connectivity index (χ3v) is 4.72. The minimum Gasteiger partial charge on any atom is -0.355 e. The minimum atomic E-state index is -0.0645. The molecule has 0 bridgehead atoms. The highest BCUT2D eigenvalue weighted by molar-refractivity contribution is 5.93. The van der Waals surface area contributed by atoms with Crippen LogP contribution in [0, 0.1) is 11.8 Å². The van der Waals surface area contributed by atoms with Gasteiger partial charge in [0.05, 0.1) is 0 Å². The van der Waals surface area contributed by atoms with Gasteiger partial charge in [-0.15, -0.1) is 0 Å². The van der Waals surface area contributed by atoms with Gasteiger partial charge in [-0.25, -0.2) is 0 Å². The molecule has 1 aromatic carbocycles. The molecule has 1 saturated heterocycles. The summed E-state index contributed by atoms with van der Waals surface area (Å²) < 4.78 is 0. The van der Waals surface area contributed by atoms with E-state index in [4.69, 9.17) is 0 Å². The van der Waals surface area contributed by atoms with E-state index in [1.807, 2.05) is 43.0 Å². The van der Waals surface area contributed by atoms with Crippen molar-refractivity contribution in [2.45, 2.75) is 39.8 Å². The number of hydrogen-bond acceptors (Lipinski definition) is 3. The molecule has 0 aliphatic carbocycles. The lowest BCUT2D eigenvalue weighted by Gasteiger charge is -2.38. The quantitative estimate of drug-likeness (QED) is 0.868. The van der Waals surface area contributed by atoms with Crippen molar-refractivity contribution in [3.63, 3.8) is 0 Å². The summed E-state index contributed by atoms with van der Waals surface area (Å²) in [6.07, 6.45) is 0.982. The maximum Gasteiger partial charge on any atom is 0.251 e. The van der Waals surface area contributed by atoms with Gasteiger partial charge in [0.15, 0.2) is 0 Å². The Hall–Kier alpha value is -1.88. The van der Waals surface area contributed by atoms with Crippen molar-refractivity contribution in [2.24, 2.45) is 11.8 Å². The van der Waals surface area contributed by atoms with E-state index in [2.05, 4.69) is 17.6 Å². The smallest absolute Gasteiger partial charge is 0.251 e. The van der Waals surface area contributed by atoms with E-state index in [0.29, 0.717) is 17.5 Å². The second-order valence-electron chi connectivity index (χ2n) is 6.97. The zero-order valence-corrected chi connectivity index (χ0v) is 15.1. The molecule has 1 heterocycles. The first-order valence-electron chi connectivity index (χ1n) is 8.75. The topological polar surface area (TPSA) is 61.4 Å². The van der Waals surface area contributed by atoms with Crippen LogP contribution in [0.25, 0.3) is 0 Å². The number of carbonyl (C=O) groups is 2. The second kappa shape index (κ2) is 8.29. The first kappa shape index (κ1) is 18.5. The molecule has 1 aliphatic heterocycles. The number of piperidine rings is 1. The zero-order valence-electron chi connectivity index (χ0n) is 15.1. The van der Waals surface area contributed by atoms with E-state index in [-0.39, 0.29) is 17.7 Å². The molecule has 1 aliphatic rings. The van der Waals surface area contributed by atoms with Crippen LogP contribution in [0.4, 0.5) is 0 Å². The third kappa shape index (κ3) is 4.57. The fourth-order valence-electron chi connectivity index (χ4n) is 3.18. The Morgan fingerprint density at radius 1 is 1.25 bits per heavy atom. The Kier molecular flexibility index (Phi) is 6.37. The molecule has 0 radical (unpaired) electrons.